The van der Waals surface area contributed by atoms with Crippen LogP contribution in [-0.4, -0.2) is 28.9 Å². The van der Waals surface area contributed by atoms with Crippen molar-refractivity contribution in [2.75, 3.05) is 12.0 Å². The molecule has 1 aliphatic heterocycles. The van der Waals surface area contributed by atoms with Crippen molar-refractivity contribution in [3.63, 3.8) is 0 Å². The second-order valence-electron chi connectivity index (χ2n) is 7.74. The molecule has 5 rings (SSSR count). The Bertz CT molecular complexity index is 1390. The fourth-order valence-electron chi connectivity index (χ4n) is 4.05. The molecule has 3 aromatic carbocycles. The molecular formula is C26H20N2O4S. The zero-order valence-electron chi connectivity index (χ0n) is 18.0. The lowest BCUT2D eigenvalue weighted by atomic mass is 9.94. The standard InChI is InChI=1S/C26H20N2O4S/c1-15-11-13-16(14-12-15)23(29)21-22(17-7-3-5-9-19(17)32-2)28(25(31)24(21)30)26-27-18-8-4-6-10-20(18)33-26/h3-14,22,29H,1-2H3/t22-/m1/s1. The molecule has 164 valence electrons. The van der Waals surface area contributed by atoms with Gasteiger partial charge in [-0.2, -0.15) is 0 Å². The van der Waals surface area contributed by atoms with Gasteiger partial charge >= 0.3 is 5.91 Å². The molecule has 6 nitrogen and oxygen atoms in total. The van der Waals surface area contributed by atoms with E-state index in [0.717, 1.165) is 15.8 Å². The lowest BCUT2D eigenvalue weighted by Crippen LogP contribution is -2.29. The molecule has 0 aliphatic carbocycles. The zero-order chi connectivity index (χ0) is 23.1. The predicted octanol–water partition coefficient (Wildman–Crippen LogP) is 5.24. The number of amides is 1. The van der Waals surface area contributed by atoms with Crippen molar-refractivity contribution < 1.29 is 19.4 Å². The third kappa shape index (κ3) is 3.47. The number of hydrogen-bond donors (Lipinski definition) is 1. The summed E-state index contributed by atoms with van der Waals surface area (Å²) in [5, 5.41) is 11.6. The van der Waals surface area contributed by atoms with E-state index in [0.29, 0.717) is 22.0 Å². The highest BCUT2D eigenvalue weighted by molar-refractivity contribution is 7.22. The van der Waals surface area contributed by atoms with Crippen molar-refractivity contribution in [3.8, 4) is 5.75 Å². The molecule has 0 unspecified atom stereocenters. The number of ether oxygens (including phenoxy) is 1. The van der Waals surface area contributed by atoms with Crippen LogP contribution in [0.1, 0.15) is 22.7 Å². The van der Waals surface area contributed by atoms with Crippen LogP contribution in [-0.2, 0) is 9.59 Å². The maximum absolute atomic E-state index is 13.3. The largest absolute Gasteiger partial charge is 0.507 e. The van der Waals surface area contributed by atoms with Gasteiger partial charge < -0.3 is 9.84 Å². The molecule has 0 radical (unpaired) electrons. The molecule has 0 saturated carbocycles. The number of carbonyl (C=O) groups is 2. The van der Waals surface area contributed by atoms with Crippen molar-refractivity contribution in [2.45, 2.75) is 13.0 Å². The number of methoxy groups -OCH3 is 1. The van der Waals surface area contributed by atoms with E-state index in [4.69, 9.17) is 4.74 Å². The van der Waals surface area contributed by atoms with Gasteiger partial charge in [0, 0.05) is 11.1 Å². The summed E-state index contributed by atoms with van der Waals surface area (Å²) in [6.07, 6.45) is 0. The Kier molecular flexibility index (Phi) is 5.18. The normalized spacial score (nSPS) is 17.6. The second-order valence-corrected chi connectivity index (χ2v) is 8.75. The first-order valence-corrected chi connectivity index (χ1v) is 11.2. The lowest BCUT2D eigenvalue weighted by Gasteiger charge is -2.24. The summed E-state index contributed by atoms with van der Waals surface area (Å²) in [7, 11) is 1.53. The third-order valence-corrected chi connectivity index (χ3v) is 6.73. The summed E-state index contributed by atoms with van der Waals surface area (Å²) >= 11 is 1.32. The molecule has 1 fully saturated rings. The number of para-hydroxylation sites is 2. The van der Waals surface area contributed by atoms with E-state index in [1.54, 1.807) is 24.3 Å². The van der Waals surface area contributed by atoms with E-state index in [1.807, 2.05) is 55.5 Å². The Hall–Kier alpha value is -3.97. The van der Waals surface area contributed by atoms with Gasteiger partial charge in [0.1, 0.15) is 17.6 Å². The number of aryl methyl sites for hydroxylation is 1. The van der Waals surface area contributed by atoms with Crippen LogP contribution in [0, 0.1) is 6.92 Å². The molecule has 2 heterocycles. The highest BCUT2D eigenvalue weighted by Crippen LogP contribution is 2.46. The van der Waals surface area contributed by atoms with Gasteiger partial charge in [-0.25, -0.2) is 4.98 Å². The number of Topliss-reactive ketones (excluding diaryl/α,β-unsaturated/α-hetero) is 1. The van der Waals surface area contributed by atoms with Gasteiger partial charge in [-0.3, -0.25) is 14.5 Å². The minimum Gasteiger partial charge on any atom is -0.507 e. The van der Waals surface area contributed by atoms with Gasteiger partial charge in [0.15, 0.2) is 5.13 Å². The number of rotatable bonds is 4. The van der Waals surface area contributed by atoms with Gasteiger partial charge in [0.05, 0.1) is 22.9 Å². The number of aromatic nitrogens is 1. The molecule has 1 aliphatic rings. The SMILES string of the molecule is COc1ccccc1[C@@H]1C(=C(O)c2ccc(C)cc2)C(=O)C(=O)N1c1nc2ccccc2s1. The maximum Gasteiger partial charge on any atom is 0.301 e. The summed E-state index contributed by atoms with van der Waals surface area (Å²) in [5.41, 5.74) is 2.81. The first-order chi connectivity index (χ1) is 16.0. The number of fused-ring (bicyclic) bond motifs is 1. The number of anilines is 1. The van der Waals surface area contributed by atoms with Crippen LogP contribution < -0.4 is 9.64 Å². The number of nitrogens with zero attached hydrogens (tertiary/aromatic N) is 2. The van der Waals surface area contributed by atoms with E-state index in [1.165, 1.54) is 23.3 Å². The monoisotopic (exact) mass is 456 g/mol. The third-order valence-electron chi connectivity index (χ3n) is 5.69. The van der Waals surface area contributed by atoms with Gasteiger partial charge in [-0.15, -0.1) is 0 Å². The van der Waals surface area contributed by atoms with Gasteiger partial charge in [-0.1, -0.05) is 71.5 Å². The predicted molar refractivity (Wildman–Crippen MR) is 129 cm³/mol. The molecular weight excluding hydrogens is 436 g/mol. The Morgan fingerprint density at radius 2 is 1.70 bits per heavy atom. The van der Waals surface area contributed by atoms with Crippen LogP contribution in [0.15, 0.2) is 78.4 Å². The van der Waals surface area contributed by atoms with Crippen molar-refractivity contribution in [2.24, 2.45) is 0 Å². The van der Waals surface area contributed by atoms with Crippen LogP contribution in [0.25, 0.3) is 16.0 Å². The zero-order valence-corrected chi connectivity index (χ0v) is 18.8. The maximum atomic E-state index is 13.3. The number of benzene rings is 3. The Balaban J connectivity index is 1.76. The van der Waals surface area contributed by atoms with E-state index < -0.39 is 17.7 Å². The highest BCUT2D eigenvalue weighted by atomic mass is 32.1. The molecule has 0 bridgehead atoms. The Morgan fingerprint density at radius 3 is 2.42 bits per heavy atom. The Morgan fingerprint density at radius 1 is 1.00 bits per heavy atom. The molecule has 4 aromatic rings. The fraction of sp³-hybridized carbons (Fsp3) is 0.115. The highest BCUT2D eigenvalue weighted by Gasteiger charge is 2.49. The number of hydrogen-bond acceptors (Lipinski definition) is 6. The van der Waals surface area contributed by atoms with Crippen LogP contribution in [0.2, 0.25) is 0 Å². The summed E-state index contributed by atoms with van der Waals surface area (Å²) in [4.78, 5) is 32.6. The first kappa shape index (κ1) is 20.9. The van der Waals surface area contributed by atoms with E-state index in [-0.39, 0.29) is 11.3 Å². The summed E-state index contributed by atoms with van der Waals surface area (Å²) in [5.74, 6) is -1.22. The van der Waals surface area contributed by atoms with E-state index in [2.05, 4.69) is 4.98 Å². The summed E-state index contributed by atoms with van der Waals surface area (Å²) in [6.45, 7) is 1.94. The van der Waals surface area contributed by atoms with Gasteiger partial charge in [-0.05, 0) is 25.1 Å². The van der Waals surface area contributed by atoms with Crippen molar-refractivity contribution in [1.82, 2.24) is 4.98 Å². The molecule has 1 saturated heterocycles. The van der Waals surface area contributed by atoms with Gasteiger partial charge in [0.2, 0.25) is 0 Å². The van der Waals surface area contributed by atoms with E-state index >= 15 is 0 Å². The lowest BCUT2D eigenvalue weighted by molar-refractivity contribution is -0.132. The Labute approximate surface area is 194 Å². The molecule has 1 N–H and O–H groups in total. The van der Waals surface area contributed by atoms with Crippen molar-refractivity contribution >= 4 is 44.1 Å². The molecule has 0 spiro atoms. The number of aliphatic hydroxyl groups excluding tert-OH is 1. The number of ketones is 1. The van der Waals surface area contributed by atoms with Gasteiger partial charge in [0.25, 0.3) is 5.78 Å². The molecule has 33 heavy (non-hydrogen) atoms. The first-order valence-electron chi connectivity index (χ1n) is 10.4. The van der Waals surface area contributed by atoms with Crippen molar-refractivity contribution in [1.29, 1.82) is 0 Å². The molecule has 1 atom stereocenters. The topological polar surface area (TPSA) is 79.7 Å². The minimum absolute atomic E-state index is 0.00705. The van der Waals surface area contributed by atoms with Crippen LogP contribution in [0.5, 0.6) is 5.75 Å². The average Bonchev–Trinajstić information content (AvgIpc) is 3.37. The number of thiazole rings is 1. The number of aliphatic hydroxyl groups is 1. The molecule has 1 aromatic heterocycles. The smallest absolute Gasteiger partial charge is 0.301 e. The molecule has 1 amide bonds. The quantitative estimate of drug-likeness (QED) is 0.258. The van der Waals surface area contributed by atoms with Crippen molar-refractivity contribution in [3.05, 3.63) is 95.1 Å². The molecule has 7 heteroatoms. The fourth-order valence-corrected chi connectivity index (χ4v) is 5.04. The average molecular weight is 457 g/mol. The second kappa shape index (κ2) is 8.18. The van der Waals surface area contributed by atoms with Crippen LogP contribution in [0.4, 0.5) is 5.13 Å². The summed E-state index contributed by atoms with van der Waals surface area (Å²) in [6, 6.07) is 21.0. The van der Waals surface area contributed by atoms with E-state index in [9.17, 15) is 14.7 Å². The number of carbonyl (C=O) groups excluding carboxylic acids is 2. The minimum atomic E-state index is -0.886. The summed E-state index contributed by atoms with van der Waals surface area (Å²) < 4.78 is 6.45. The van der Waals surface area contributed by atoms with Crippen LogP contribution in [0.3, 0.4) is 0 Å². The van der Waals surface area contributed by atoms with Crippen LogP contribution >= 0.6 is 11.3 Å².